The molecule has 0 radical (unpaired) electrons. The number of rotatable bonds is 1. The van der Waals surface area contributed by atoms with E-state index in [-0.39, 0.29) is 0 Å². The molecule has 0 amide bonds. The Bertz CT molecular complexity index is 477. The Hall–Kier alpha value is -2.08. The van der Waals surface area contributed by atoms with E-state index in [4.69, 9.17) is 6.57 Å². The summed E-state index contributed by atoms with van der Waals surface area (Å²) in [6.45, 7) is 6.92. The SMILES string of the molecule is [C-]#[N+]c1cc(-c2ccccc2)nn1C. The predicted octanol–water partition coefficient (Wildman–Crippen LogP) is 2.64. The van der Waals surface area contributed by atoms with Crippen LogP contribution < -0.4 is 0 Å². The minimum Gasteiger partial charge on any atom is -0.362 e. The van der Waals surface area contributed by atoms with E-state index in [2.05, 4.69) is 9.94 Å². The molecule has 0 aliphatic carbocycles. The number of hydrogen-bond donors (Lipinski definition) is 0. The third-order valence-electron chi connectivity index (χ3n) is 2.04. The first-order valence-electron chi connectivity index (χ1n) is 4.28. The molecule has 0 bridgehead atoms. The van der Waals surface area contributed by atoms with Crippen LogP contribution in [0.4, 0.5) is 5.82 Å². The Kier molecular flexibility index (Phi) is 2.04. The zero-order chi connectivity index (χ0) is 9.97. The van der Waals surface area contributed by atoms with Gasteiger partial charge in [-0.05, 0) is 6.07 Å². The lowest BCUT2D eigenvalue weighted by Gasteiger charge is -1.92. The van der Waals surface area contributed by atoms with Crippen LogP contribution in [0.25, 0.3) is 16.1 Å². The molecule has 3 nitrogen and oxygen atoms in total. The Morgan fingerprint density at radius 1 is 1.29 bits per heavy atom. The van der Waals surface area contributed by atoms with E-state index < -0.39 is 0 Å². The summed E-state index contributed by atoms with van der Waals surface area (Å²) >= 11 is 0. The van der Waals surface area contributed by atoms with Crippen molar-refractivity contribution in [3.8, 4) is 11.3 Å². The van der Waals surface area contributed by atoms with Crippen LogP contribution in [0.15, 0.2) is 36.4 Å². The molecule has 0 aliphatic heterocycles. The molecular weight excluding hydrogens is 174 g/mol. The maximum Gasteiger partial charge on any atom is 0.252 e. The third-order valence-corrected chi connectivity index (χ3v) is 2.04. The number of benzene rings is 1. The van der Waals surface area contributed by atoms with Crippen LogP contribution in [-0.4, -0.2) is 9.78 Å². The first kappa shape index (κ1) is 8.52. The van der Waals surface area contributed by atoms with Crippen molar-refractivity contribution in [2.75, 3.05) is 0 Å². The lowest BCUT2D eigenvalue weighted by Crippen LogP contribution is -1.88. The van der Waals surface area contributed by atoms with Gasteiger partial charge in [0.1, 0.15) is 5.69 Å². The summed E-state index contributed by atoms with van der Waals surface area (Å²) in [5.41, 5.74) is 1.89. The summed E-state index contributed by atoms with van der Waals surface area (Å²) in [5.74, 6) is 0.559. The van der Waals surface area contributed by atoms with Gasteiger partial charge in [0.05, 0.1) is 7.05 Å². The summed E-state index contributed by atoms with van der Waals surface area (Å²) in [7, 11) is 1.78. The Morgan fingerprint density at radius 2 is 2.00 bits per heavy atom. The molecule has 2 aromatic rings. The lowest BCUT2D eigenvalue weighted by atomic mass is 10.2. The normalized spacial score (nSPS) is 9.71. The van der Waals surface area contributed by atoms with Gasteiger partial charge in [-0.15, -0.1) is 5.10 Å². The van der Waals surface area contributed by atoms with Crippen LogP contribution in [0.3, 0.4) is 0 Å². The van der Waals surface area contributed by atoms with Crippen molar-refractivity contribution < 1.29 is 0 Å². The molecule has 0 spiro atoms. The molecule has 1 heterocycles. The van der Waals surface area contributed by atoms with E-state index in [0.717, 1.165) is 11.3 Å². The van der Waals surface area contributed by atoms with Crippen molar-refractivity contribution >= 4 is 5.82 Å². The van der Waals surface area contributed by atoms with Gasteiger partial charge in [0.25, 0.3) is 5.82 Å². The van der Waals surface area contributed by atoms with Crippen LogP contribution in [0.5, 0.6) is 0 Å². The number of hydrogen-bond acceptors (Lipinski definition) is 1. The smallest absolute Gasteiger partial charge is 0.252 e. The molecule has 0 aliphatic rings. The molecule has 1 aromatic heterocycles. The highest BCUT2D eigenvalue weighted by Gasteiger charge is 2.06. The molecule has 0 saturated carbocycles. The van der Waals surface area contributed by atoms with Gasteiger partial charge in [0.15, 0.2) is 0 Å². The van der Waals surface area contributed by atoms with Crippen molar-refractivity contribution in [1.82, 2.24) is 9.78 Å². The molecule has 14 heavy (non-hydrogen) atoms. The fraction of sp³-hybridized carbons (Fsp3) is 0.0909. The summed E-state index contributed by atoms with van der Waals surface area (Å²) in [5, 5.41) is 4.25. The highest BCUT2D eigenvalue weighted by molar-refractivity contribution is 5.63. The Labute approximate surface area is 82.4 Å². The fourth-order valence-electron chi connectivity index (χ4n) is 1.31. The quantitative estimate of drug-likeness (QED) is 0.623. The maximum absolute atomic E-state index is 6.92. The highest BCUT2D eigenvalue weighted by atomic mass is 15.3. The van der Waals surface area contributed by atoms with Crippen molar-refractivity contribution in [2.45, 2.75) is 0 Å². The van der Waals surface area contributed by atoms with Crippen molar-refractivity contribution in [3.63, 3.8) is 0 Å². The third kappa shape index (κ3) is 1.38. The fourth-order valence-corrected chi connectivity index (χ4v) is 1.31. The molecule has 3 heteroatoms. The van der Waals surface area contributed by atoms with Crippen LogP contribution in [-0.2, 0) is 7.05 Å². The van der Waals surface area contributed by atoms with Gasteiger partial charge >= 0.3 is 0 Å². The van der Waals surface area contributed by atoms with Crippen LogP contribution >= 0.6 is 0 Å². The monoisotopic (exact) mass is 183 g/mol. The first-order chi connectivity index (χ1) is 6.81. The molecule has 0 N–H and O–H groups in total. The number of aryl methyl sites for hydroxylation is 1. The van der Waals surface area contributed by atoms with E-state index in [1.54, 1.807) is 17.8 Å². The second-order valence-electron chi connectivity index (χ2n) is 2.99. The van der Waals surface area contributed by atoms with Gasteiger partial charge in [0, 0.05) is 5.56 Å². The van der Waals surface area contributed by atoms with E-state index in [1.807, 2.05) is 30.3 Å². The molecule has 0 fully saturated rings. The van der Waals surface area contributed by atoms with Crippen LogP contribution in [0, 0.1) is 6.57 Å². The summed E-state index contributed by atoms with van der Waals surface area (Å²) < 4.78 is 1.59. The average Bonchev–Trinajstić information content (AvgIpc) is 2.61. The largest absolute Gasteiger partial charge is 0.362 e. The summed E-state index contributed by atoms with van der Waals surface area (Å²) in [4.78, 5) is 3.37. The van der Waals surface area contributed by atoms with Crippen molar-refractivity contribution in [2.24, 2.45) is 7.05 Å². The molecule has 0 saturated heterocycles. The van der Waals surface area contributed by atoms with Gasteiger partial charge in [-0.25, -0.2) is 4.68 Å². The standard InChI is InChI=1S/C11H9N3/c1-12-11-8-10(13-14(11)2)9-6-4-3-5-7-9/h3-8H,2H3. The van der Waals surface area contributed by atoms with Gasteiger partial charge in [-0.1, -0.05) is 36.9 Å². The molecule has 2 rings (SSSR count). The van der Waals surface area contributed by atoms with Crippen LogP contribution in [0.1, 0.15) is 0 Å². The number of nitrogens with zero attached hydrogens (tertiary/aromatic N) is 3. The topological polar surface area (TPSA) is 22.2 Å². The molecule has 68 valence electrons. The minimum absolute atomic E-state index is 0.559. The summed E-state index contributed by atoms with van der Waals surface area (Å²) in [6.07, 6.45) is 0. The van der Waals surface area contributed by atoms with Gasteiger partial charge < -0.3 is 4.85 Å². The molecule has 0 atom stereocenters. The van der Waals surface area contributed by atoms with Gasteiger partial charge in [-0.2, -0.15) is 0 Å². The minimum atomic E-state index is 0.559. The Balaban J connectivity index is 2.50. The second-order valence-corrected chi connectivity index (χ2v) is 2.99. The van der Waals surface area contributed by atoms with E-state index >= 15 is 0 Å². The van der Waals surface area contributed by atoms with E-state index in [0.29, 0.717) is 5.82 Å². The van der Waals surface area contributed by atoms with Gasteiger partial charge in [0.2, 0.25) is 0 Å². The Morgan fingerprint density at radius 3 is 2.57 bits per heavy atom. The zero-order valence-electron chi connectivity index (χ0n) is 7.81. The van der Waals surface area contributed by atoms with Crippen molar-refractivity contribution in [1.29, 1.82) is 0 Å². The highest BCUT2D eigenvalue weighted by Crippen LogP contribution is 2.22. The van der Waals surface area contributed by atoms with Gasteiger partial charge in [-0.3, -0.25) is 0 Å². The predicted molar refractivity (Wildman–Crippen MR) is 54.9 cm³/mol. The molecular formula is C11H9N3. The van der Waals surface area contributed by atoms with Crippen molar-refractivity contribution in [3.05, 3.63) is 47.8 Å². The van der Waals surface area contributed by atoms with E-state index in [1.165, 1.54) is 0 Å². The maximum atomic E-state index is 6.92. The van der Waals surface area contributed by atoms with Crippen LogP contribution in [0.2, 0.25) is 0 Å². The number of aromatic nitrogens is 2. The van der Waals surface area contributed by atoms with E-state index in [9.17, 15) is 0 Å². The zero-order valence-corrected chi connectivity index (χ0v) is 7.81. The molecule has 0 unspecified atom stereocenters. The lowest BCUT2D eigenvalue weighted by molar-refractivity contribution is 0.786. The average molecular weight is 183 g/mol. The second kappa shape index (κ2) is 3.35. The summed E-state index contributed by atoms with van der Waals surface area (Å²) in [6, 6.07) is 11.6. The first-order valence-corrected chi connectivity index (χ1v) is 4.28. The molecule has 1 aromatic carbocycles.